The van der Waals surface area contributed by atoms with Crippen LogP contribution in [0.2, 0.25) is 0 Å². The van der Waals surface area contributed by atoms with E-state index in [1.54, 1.807) is 11.8 Å². The van der Waals surface area contributed by atoms with Gasteiger partial charge in [0.2, 0.25) is 0 Å². The van der Waals surface area contributed by atoms with Crippen LogP contribution in [0, 0.1) is 0 Å². The van der Waals surface area contributed by atoms with Gasteiger partial charge in [0.25, 0.3) is 0 Å². The van der Waals surface area contributed by atoms with Gasteiger partial charge in [-0.15, -0.1) is 0 Å². The minimum atomic E-state index is 0.630. The molecule has 0 aromatic carbocycles. The highest BCUT2D eigenvalue weighted by atomic mass is 32.2. The second-order valence-corrected chi connectivity index (χ2v) is 6.10. The normalized spacial score (nSPS) is 25.5. The molecule has 1 aliphatic heterocycles. The van der Waals surface area contributed by atoms with Crippen molar-refractivity contribution >= 4 is 11.8 Å². The first-order valence-electron chi connectivity index (χ1n) is 6.69. The van der Waals surface area contributed by atoms with E-state index < -0.39 is 0 Å². The SMILES string of the molecule is CSCc1ccc(CNC2CCN(C)C(C)C2)o1. The summed E-state index contributed by atoms with van der Waals surface area (Å²) in [6, 6.07) is 5.49. The fourth-order valence-electron chi connectivity index (χ4n) is 2.46. The van der Waals surface area contributed by atoms with Gasteiger partial charge >= 0.3 is 0 Å². The minimum Gasteiger partial charge on any atom is -0.464 e. The Hall–Kier alpha value is -0.450. The molecule has 1 fully saturated rings. The lowest BCUT2D eigenvalue weighted by Gasteiger charge is -2.35. The topological polar surface area (TPSA) is 28.4 Å². The molecule has 2 heterocycles. The Bertz CT molecular complexity index is 366. The average molecular weight is 268 g/mol. The molecule has 102 valence electrons. The third kappa shape index (κ3) is 3.77. The van der Waals surface area contributed by atoms with Crippen LogP contribution in [0.4, 0.5) is 0 Å². The molecule has 1 aromatic rings. The molecule has 1 aromatic heterocycles. The van der Waals surface area contributed by atoms with Gasteiger partial charge in [-0.25, -0.2) is 0 Å². The Morgan fingerprint density at radius 1 is 1.44 bits per heavy atom. The molecule has 18 heavy (non-hydrogen) atoms. The molecular formula is C14H24N2OS. The summed E-state index contributed by atoms with van der Waals surface area (Å²) in [5.41, 5.74) is 0. The van der Waals surface area contributed by atoms with Crippen LogP contribution >= 0.6 is 11.8 Å². The molecule has 4 heteroatoms. The Kier molecular flexibility index (Phi) is 5.15. The van der Waals surface area contributed by atoms with Gasteiger partial charge in [0.05, 0.1) is 12.3 Å². The maximum absolute atomic E-state index is 5.77. The van der Waals surface area contributed by atoms with Crippen LogP contribution in [0.25, 0.3) is 0 Å². The van der Waals surface area contributed by atoms with E-state index in [0.717, 1.165) is 23.8 Å². The van der Waals surface area contributed by atoms with Crippen molar-refractivity contribution in [2.24, 2.45) is 0 Å². The summed E-state index contributed by atoms with van der Waals surface area (Å²) in [5.74, 6) is 3.10. The van der Waals surface area contributed by atoms with E-state index >= 15 is 0 Å². The number of furan rings is 1. The van der Waals surface area contributed by atoms with Crippen LogP contribution in [-0.4, -0.2) is 36.8 Å². The van der Waals surface area contributed by atoms with Gasteiger partial charge in [0, 0.05) is 12.1 Å². The summed E-state index contributed by atoms with van der Waals surface area (Å²) >= 11 is 1.80. The van der Waals surface area contributed by atoms with Crippen molar-refractivity contribution in [2.75, 3.05) is 19.8 Å². The van der Waals surface area contributed by atoms with Gasteiger partial charge in [-0.2, -0.15) is 11.8 Å². The third-order valence-electron chi connectivity index (χ3n) is 3.78. The number of nitrogens with one attached hydrogen (secondary N) is 1. The zero-order valence-electron chi connectivity index (χ0n) is 11.6. The molecule has 2 atom stereocenters. The highest BCUT2D eigenvalue weighted by Gasteiger charge is 2.22. The zero-order valence-corrected chi connectivity index (χ0v) is 12.4. The lowest BCUT2D eigenvalue weighted by molar-refractivity contribution is 0.166. The van der Waals surface area contributed by atoms with E-state index in [-0.39, 0.29) is 0 Å². The molecule has 1 N–H and O–H groups in total. The molecule has 2 unspecified atom stereocenters. The molecule has 0 aliphatic carbocycles. The molecule has 0 bridgehead atoms. The van der Waals surface area contributed by atoms with E-state index in [1.165, 1.54) is 19.4 Å². The van der Waals surface area contributed by atoms with E-state index in [4.69, 9.17) is 4.42 Å². The summed E-state index contributed by atoms with van der Waals surface area (Å²) in [4.78, 5) is 2.43. The quantitative estimate of drug-likeness (QED) is 0.889. The molecular weight excluding hydrogens is 244 g/mol. The third-order valence-corrected chi connectivity index (χ3v) is 4.35. The predicted molar refractivity (Wildman–Crippen MR) is 77.9 cm³/mol. The van der Waals surface area contributed by atoms with Gasteiger partial charge in [0.1, 0.15) is 11.5 Å². The first-order chi connectivity index (χ1) is 8.69. The summed E-state index contributed by atoms with van der Waals surface area (Å²) in [7, 11) is 2.21. The van der Waals surface area contributed by atoms with Gasteiger partial charge in [-0.05, 0) is 51.7 Å². The van der Waals surface area contributed by atoms with Crippen molar-refractivity contribution in [2.45, 2.75) is 44.1 Å². The Labute approximate surface area is 114 Å². The first-order valence-corrected chi connectivity index (χ1v) is 8.08. The number of nitrogens with zero attached hydrogens (tertiary/aromatic N) is 1. The fraction of sp³-hybridized carbons (Fsp3) is 0.714. The largest absolute Gasteiger partial charge is 0.464 e. The monoisotopic (exact) mass is 268 g/mol. The molecule has 0 saturated carbocycles. The Balaban J connectivity index is 1.77. The smallest absolute Gasteiger partial charge is 0.118 e. The second-order valence-electron chi connectivity index (χ2n) is 5.23. The van der Waals surface area contributed by atoms with Gasteiger partial charge in [-0.3, -0.25) is 0 Å². The first kappa shape index (κ1) is 14.0. The molecule has 0 spiro atoms. The Morgan fingerprint density at radius 3 is 2.94 bits per heavy atom. The second kappa shape index (κ2) is 6.64. The summed E-state index contributed by atoms with van der Waals surface area (Å²) < 4.78 is 5.77. The van der Waals surface area contributed by atoms with Crippen LogP contribution in [0.5, 0.6) is 0 Å². The van der Waals surface area contributed by atoms with Gasteiger partial charge < -0.3 is 14.6 Å². The van der Waals surface area contributed by atoms with Crippen molar-refractivity contribution in [1.82, 2.24) is 10.2 Å². The average Bonchev–Trinajstić information content (AvgIpc) is 2.79. The molecule has 1 saturated heterocycles. The van der Waals surface area contributed by atoms with Crippen LogP contribution < -0.4 is 5.32 Å². The predicted octanol–water partition coefficient (Wildman–Crippen LogP) is 2.71. The summed E-state index contributed by atoms with van der Waals surface area (Å²) in [5, 5.41) is 3.62. The number of hydrogen-bond acceptors (Lipinski definition) is 4. The molecule has 0 amide bonds. The molecule has 3 nitrogen and oxygen atoms in total. The molecule has 0 radical (unpaired) electrons. The maximum atomic E-state index is 5.77. The summed E-state index contributed by atoms with van der Waals surface area (Å²) in [6.07, 6.45) is 4.56. The highest BCUT2D eigenvalue weighted by Crippen LogP contribution is 2.17. The lowest BCUT2D eigenvalue weighted by Crippen LogP contribution is -2.45. The van der Waals surface area contributed by atoms with E-state index in [1.807, 2.05) is 0 Å². The number of thioether (sulfide) groups is 1. The fourth-order valence-corrected chi connectivity index (χ4v) is 2.90. The summed E-state index contributed by atoms with van der Waals surface area (Å²) in [6.45, 7) is 4.35. The zero-order chi connectivity index (χ0) is 13.0. The standard InChI is InChI=1S/C14H24N2OS/c1-11-8-12(6-7-16(11)2)15-9-13-4-5-14(17-13)10-18-3/h4-5,11-12,15H,6-10H2,1-3H3. The van der Waals surface area contributed by atoms with Crippen molar-refractivity contribution in [3.63, 3.8) is 0 Å². The maximum Gasteiger partial charge on any atom is 0.118 e. The van der Waals surface area contributed by atoms with Crippen molar-refractivity contribution in [3.8, 4) is 0 Å². The highest BCUT2D eigenvalue weighted by molar-refractivity contribution is 7.97. The van der Waals surface area contributed by atoms with Gasteiger partial charge in [-0.1, -0.05) is 0 Å². The number of piperidine rings is 1. The molecule has 2 rings (SSSR count). The van der Waals surface area contributed by atoms with Crippen molar-refractivity contribution in [3.05, 3.63) is 23.7 Å². The van der Waals surface area contributed by atoms with Crippen LogP contribution in [-0.2, 0) is 12.3 Å². The van der Waals surface area contributed by atoms with E-state index in [0.29, 0.717) is 12.1 Å². The Morgan fingerprint density at radius 2 is 2.22 bits per heavy atom. The molecule has 1 aliphatic rings. The lowest BCUT2D eigenvalue weighted by atomic mass is 9.99. The number of likely N-dealkylation sites (tertiary alicyclic amines) is 1. The van der Waals surface area contributed by atoms with Crippen LogP contribution in [0.15, 0.2) is 16.5 Å². The van der Waals surface area contributed by atoms with Crippen LogP contribution in [0.1, 0.15) is 31.3 Å². The van der Waals surface area contributed by atoms with E-state index in [9.17, 15) is 0 Å². The van der Waals surface area contributed by atoms with Crippen LogP contribution in [0.3, 0.4) is 0 Å². The van der Waals surface area contributed by atoms with Crippen molar-refractivity contribution in [1.29, 1.82) is 0 Å². The number of hydrogen-bond donors (Lipinski definition) is 1. The minimum absolute atomic E-state index is 0.630. The van der Waals surface area contributed by atoms with Gasteiger partial charge in [0.15, 0.2) is 0 Å². The van der Waals surface area contributed by atoms with Crippen molar-refractivity contribution < 1.29 is 4.42 Å². The number of rotatable bonds is 5. The van der Waals surface area contributed by atoms with E-state index in [2.05, 4.69) is 42.6 Å².